The highest BCUT2D eigenvalue weighted by atomic mass is 16.2. The number of carbonyl (C=O) groups excluding carboxylic acids is 2. The number of nitrogens with one attached hydrogen (secondary N) is 2. The van der Waals surface area contributed by atoms with Crippen LogP contribution in [0.3, 0.4) is 0 Å². The first-order valence-corrected chi connectivity index (χ1v) is 6.63. The van der Waals surface area contributed by atoms with E-state index in [0.29, 0.717) is 17.7 Å². The fourth-order valence-corrected chi connectivity index (χ4v) is 2.40. The van der Waals surface area contributed by atoms with Crippen LogP contribution in [-0.2, 0) is 6.42 Å². The second kappa shape index (κ2) is 4.92. The van der Waals surface area contributed by atoms with Gasteiger partial charge in [-0.05, 0) is 31.9 Å². The molecule has 1 aromatic heterocycles. The normalized spacial score (nSPS) is 13.9. The molecule has 5 heteroatoms. The highest BCUT2D eigenvalue weighted by molar-refractivity contribution is 6.12. The molecule has 0 radical (unpaired) electrons. The summed E-state index contributed by atoms with van der Waals surface area (Å²) in [6, 6.07) is 7.49. The lowest BCUT2D eigenvalue weighted by Gasteiger charge is -2.10. The smallest absolute Gasteiger partial charge is 0.276 e. The van der Waals surface area contributed by atoms with Gasteiger partial charge in [-0.25, -0.2) is 0 Å². The van der Waals surface area contributed by atoms with Crippen LogP contribution >= 0.6 is 0 Å². The number of aromatic amines is 1. The van der Waals surface area contributed by atoms with Crippen LogP contribution in [0.25, 0.3) is 0 Å². The number of hydrogen-bond donors (Lipinski definition) is 2. The molecule has 0 fully saturated rings. The molecule has 0 saturated heterocycles. The second-order valence-electron chi connectivity index (χ2n) is 5.02. The zero-order chi connectivity index (χ0) is 14.1. The third kappa shape index (κ3) is 2.22. The molecule has 0 unspecified atom stereocenters. The molecule has 0 saturated carbocycles. The third-order valence-electron chi connectivity index (χ3n) is 3.48. The molecular formula is C15H15N3O2. The maximum atomic E-state index is 12.2. The van der Waals surface area contributed by atoms with E-state index in [4.69, 9.17) is 0 Å². The lowest BCUT2D eigenvalue weighted by atomic mass is 9.94. The summed E-state index contributed by atoms with van der Waals surface area (Å²) in [5, 5.41) is 9.57. The lowest BCUT2D eigenvalue weighted by Crippen LogP contribution is -2.18. The topological polar surface area (TPSA) is 74.8 Å². The monoisotopic (exact) mass is 269 g/mol. The van der Waals surface area contributed by atoms with Gasteiger partial charge in [0.15, 0.2) is 11.5 Å². The number of H-pyrrole nitrogens is 1. The molecule has 2 aromatic rings. The Bertz CT molecular complexity index is 671. The highest BCUT2D eigenvalue weighted by Crippen LogP contribution is 2.23. The largest absolute Gasteiger partial charge is 0.321 e. The summed E-state index contributed by atoms with van der Waals surface area (Å²) in [7, 11) is 0. The van der Waals surface area contributed by atoms with Gasteiger partial charge in [0.1, 0.15) is 0 Å². The van der Waals surface area contributed by atoms with E-state index in [1.54, 1.807) is 0 Å². The number of anilines is 1. The molecule has 1 amide bonds. The minimum Gasteiger partial charge on any atom is -0.321 e. The van der Waals surface area contributed by atoms with E-state index >= 15 is 0 Å². The predicted molar refractivity (Wildman–Crippen MR) is 75.0 cm³/mol. The molecule has 0 spiro atoms. The van der Waals surface area contributed by atoms with Gasteiger partial charge in [-0.2, -0.15) is 5.10 Å². The summed E-state index contributed by atoms with van der Waals surface area (Å²) < 4.78 is 0. The number of carbonyl (C=O) groups is 2. The fraction of sp³-hybridized carbons (Fsp3) is 0.267. The summed E-state index contributed by atoms with van der Waals surface area (Å²) >= 11 is 0. The Balaban J connectivity index is 1.86. The molecule has 2 N–H and O–H groups in total. The van der Waals surface area contributed by atoms with Crippen LogP contribution in [0.15, 0.2) is 24.3 Å². The summed E-state index contributed by atoms with van der Waals surface area (Å²) in [6.07, 6.45) is 2.07. The molecule has 102 valence electrons. The third-order valence-corrected chi connectivity index (χ3v) is 3.48. The number of fused-ring (bicyclic) bond motifs is 1. The summed E-state index contributed by atoms with van der Waals surface area (Å²) in [4.78, 5) is 24.2. The van der Waals surface area contributed by atoms with Gasteiger partial charge in [-0.15, -0.1) is 0 Å². The van der Waals surface area contributed by atoms with Gasteiger partial charge in [0, 0.05) is 17.8 Å². The van der Waals surface area contributed by atoms with Gasteiger partial charge in [-0.3, -0.25) is 14.7 Å². The lowest BCUT2D eigenvalue weighted by molar-refractivity contribution is 0.0955. The van der Waals surface area contributed by atoms with Crippen molar-refractivity contribution in [2.24, 2.45) is 0 Å². The maximum absolute atomic E-state index is 12.2. The zero-order valence-corrected chi connectivity index (χ0v) is 11.2. The van der Waals surface area contributed by atoms with E-state index < -0.39 is 0 Å². The minimum atomic E-state index is -0.346. The number of rotatable bonds is 2. The minimum absolute atomic E-state index is 0.00550. The van der Waals surface area contributed by atoms with E-state index in [1.165, 1.54) is 0 Å². The zero-order valence-electron chi connectivity index (χ0n) is 11.2. The van der Waals surface area contributed by atoms with Gasteiger partial charge in [0.25, 0.3) is 5.91 Å². The average molecular weight is 269 g/mol. The number of nitrogens with zero attached hydrogens (tertiary/aromatic N) is 1. The Morgan fingerprint density at radius 2 is 2.00 bits per heavy atom. The quantitative estimate of drug-likeness (QED) is 0.879. The molecule has 1 aliphatic rings. The number of benzene rings is 1. The van der Waals surface area contributed by atoms with Gasteiger partial charge in [0.05, 0.1) is 5.56 Å². The van der Waals surface area contributed by atoms with Crippen molar-refractivity contribution < 1.29 is 9.59 Å². The average Bonchev–Trinajstić information content (AvgIpc) is 2.87. The van der Waals surface area contributed by atoms with E-state index in [9.17, 15) is 9.59 Å². The van der Waals surface area contributed by atoms with Gasteiger partial charge in [-0.1, -0.05) is 17.7 Å². The molecule has 0 aliphatic heterocycles. The predicted octanol–water partition coefficient (Wildman–Crippen LogP) is 2.49. The van der Waals surface area contributed by atoms with Crippen molar-refractivity contribution in [2.75, 3.05) is 5.32 Å². The van der Waals surface area contributed by atoms with Crippen LogP contribution in [0.2, 0.25) is 0 Å². The van der Waals surface area contributed by atoms with Crippen molar-refractivity contribution in [3.05, 3.63) is 46.8 Å². The number of Topliss-reactive ketones (excluding diaryl/α,β-unsaturated/α-hetero) is 1. The Kier molecular flexibility index (Phi) is 3.10. The van der Waals surface area contributed by atoms with Gasteiger partial charge in [0.2, 0.25) is 0 Å². The van der Waals surface area contributed by atoms with E-state index in [2.05, 4.69) is 15.5 Å². The number of amides is 1. The van der Waals surface area contributed by atoms with Crippen molar-refractivity contribution in [1.29, 1.82) is 0 Å². The van der Waals surface area contributed by atoms with Crippen molar-refractivity contribution in [3.8, 4) is 0 Å². The molecule has 0 atom stereocenters. The summed E-state index contributed by atoms with van der Waals surface area (Å²) in [5.74, 6) is -0.351. The Labute approximate surface area is 116 Å². The first-order chi connectivity index (χ1) is 9.65. The molecule has 5 nitrogen and oxygen atoms in total. The van der Waals surface area contributed by atoms with Crippen LogP contribution in [0.5, 0.6) is 0 Å². The van der Waals surface area contributed by atoms with Crippen LogP contribution in [0.4, 0.5) is 5.69 Å². The highest BCUT2D eigenvalue weighted by Gasteiger charge is 2.27. The SMILES string of the molecule is Cc1ccc(NC(=O)c2n[nH]c3c2C(=O)CCC3)cc1. The molecule has 20 heavy (non-hydrogen) atoms. The van der Waals surface area contributed by atoms with Crippen molar-refractivity contribution in [3.63, 3.8) is 0 Å². The first-order valence-electron chi connectivity index (χ1n) is 6.63. The summed E-state index contributed by atoms with van der Waals surface area (Å²) in [6.45, 7) is 1.98. The standard InChI is InChI=1S/C15H15N3O2/c1-9-5-7-10(8-6-9)16-15(20)14-13-11(17-18-14)3-2-4-12(13)19/h5-8H,2-4H2,1H3,(H,16,20)(H,17,18). The molecule has 1 heterocycles. The number of aromatic nitrogens is 2. The first kappa shape index (κ1) is 12.6. The van der Waals surface area contributed by atoms with Crippen molar-refractivity contribution >= 4 is 17.4 Å². The number of ketones is 1. The molecule has 1 aliphatic carbocycles. The number of aryl methyl sites for hydroxylation is 2. The van der Waals surface area contributed by atoms with Gasteiger partial charge < -0.3 is 5.32 Å². The Morgan fingerprint density at radius 3 is 2.75 bits per heavy atom. The Hall–Kier alpha value is -2.43. The second-order valence-corrected chi connectivity index (χ2v) is 5.02. The Morgan fingerprint density at radius 1 is 1.25 bits per heavy atom. The van der Waals surface area contributed by atoms with Crippen molar-refractivity contribution in [1.82, 2.24) is 10.2 Å². The van der Waals surface area contributed by atoms with Gasteiger partial charge >= 0.3 is 0 Å². The fourth-order valence-electron chi connectivity index (χ4n) is 2.40. The van der Waals surface area contributed by atoms with Crippen LogP contribution in [0, 0.1) is 6.92 Å². The summed E-state index contributed by atoms with van der Waals surface area (Å²) in [5.41, 5.74) is 3.25. The van der Waals surface area contributed by atoms with E-state index in [-0.39, 0.29) is 17.4 Å². The van der Waals surface area contributed by atoms with E-state index in [0.717, 1.165) is 24.1 Å². The van der Waals surface area contributed by atoms with Crippen molar-refractivity contribution in [2.45, 2.75) is 26.2 Å². The molecule has 0 bridgehead atoms. The molecular weight excluding hydrogens is 254 g/mol. The maximum Gasteiger partial charge on any atom is 0.276 e. The number of hydrogen-bond acceptors (Lipinski definition) is 3. The molecule has 3 rings (SSSR count). The molecule has 1 aromatic carbocycles. The van der Waals surface area contributed by atoms with Crippen LogP contribution < -0.4 is 5.32 Å². The van der Waals surface area contributed by atoms with Crippen LogP contribution in [0.1, 0.15) is 44.9 Å². The van der Waals surface area contributed by atoms with Crippen LogP contribution in [-0.4, -0.2) is 21.9 Å². The van der Waals surface area contributed by atoms with E-state index in [1.807, 2.05) is 31.2 Å².